The Morgan fingerprint density at radius 2 is 1.88 bits per heavy atom. The Labute approximate surface area is 95.9 Å². The first-order chi connectivity index (χ1) is 7.88. The SMILES string of the molecule is Cc1cc(-c2cncc(C(F)(F)F)c2)nn1C. The molecule has 0 N–H and O–H groups in total. The quantitative estimate of drug-likeness (QED) is 0.768. The second-order valence-electron chi connectivity index (χ2n) is 3.75. The van der Waals surface area contributed by atoms with Gasteiger partial charge in [0.15, 0.2) is 0 Å². The maximum atomic E-state index is 12.5. The first-order valence-electron chi connectivity index (χ1n) is 4.91. The highest BCUT2D eigenvalue weighted by atomic mass is 19.4. The summed E-state index contributed by atoms with van der Waals surface area (Å²) < 4.78 is 39.1. The van der Waals surface area contributed by atoms with Crippen LogP contribution < -0.4 is 0 Å². The van der Waals surface area contributed by atoms with Crippen molar-refractivity contribution < 1.29 is 13.2 Å². The summed E-state index contributed by atoms with van der Waals surface area (Å²) in [5.41, 5.74) is 0.961. The van der Waals surface area contributed by atoms with Crippen molar-refractivity contribution in [2.45, 2.75) is 13.1 Å². The minimum atomic E-state index is -4.38. The molecular formula is C11H10F3N3. The highest BCUT2D eigenvalue weighted by molar-refractivity contribution is 5.59. The zero-order valence-electron chi connectivity index (χ0n) is 9.28. The predicted octanol–water partition coefficient (Wildman–Crippen LogP) is 2.81. The number of hydrogen-bond acceptors (Lipinski definition) is 2. The molecule has 0 amide bonds. The molecule has 0 bridgehead atoms. The lowest BCUT2D eigenvalue weighted by atomic mass is 10.1. The molecule has 2 aromatic rings. The van der Waals surface area contributed by atoms with E-state index in [0.29, 0.717) is 11.3 Å². The zero-order chi connectivity index (χ0) is 12.6. The topological polar surface area (TPSA) is 30.7 Å². The van der Waals surface area contributed by atoms with Crippen LogP contribution in [-0.2, 0) is 13.2 Å². The van der Waals surface area contributed by atoms with Crippen LogP contribution in [-0.4, -0.2) is 14.8 Å². The molecular weight excluding hydrogens is 231 g/mol. The van der Waals surface area contributed by atoms with Crippen molar-refractivity contribution in [1.29, 1.82) is 0 Å². The Morgan fingerprint density at radius 3 is 2.41 bits per heavy atom. The van der Waals surface area contributed by atoms with Gasteiger partial charge in [-0.15, -0.1) is 0 Å². The number of nitrogens with zero attached hydrogens (tertiary/aromatic N) is 3. The van der Waals surface area contributed by atoms with Gasteiger partial charge < -0.3 is 0 Å². The van der Waals surface area contributed by atoms with E-state index in [1.54, 1.807) is 17.8 Å². The van der Waals surface area contributed by atoms with Crippen LogP contribution in [0.4, 0.5) is 13.2 Å². The molecule has 0 unspecified atom stereocenters. The van der Waals surface area contributed by atoms with Gasteiger partial charge in [-0.05, 0) is 19.1 Å². The van der Waals surface area contributed by atoms with Gasteiger partial charge in [0.05, 0.1) is 11.3 Å². The van der Waals surface area contributed by atoms with Gasteiger partial charge >= 0.3 is 6.18 Å². The van der Waals surface area contributed by atoms with E-state index in [9.17, 15) is 13.2 Å². The second kappa shape index (κ2) is 3.87. The highest BCUT2D eigenvalue weighted by Crippen LogP contribution is 2.31. The highest BCUT2D eigenvalue weighted by Gasteiger charge is 2.31. The Morgan fingerprint density at radius 1 is 1.18 bits per heavy atom. The molecule has 0 aliphatic heterocycles. The van der Waals surface area contributed by atoms with Crippen LogP contribution in [0.1, 0.15) is 11.3 Å². The summed E-state index contributed by atoms with van der Waals surface area (Å²) in [5, 5.41) is 4.11. The molecule has 0 saturated carbocycles. The van der Waals surface area contributed by atoms with Gasteiger partial charge in [0.2, 0.25) is 0 Å². The smallest absolute Gasteiger partial charge is 0.272 e. The molecule has 2 aromatic heterocycles. The van der Waals surface area contributed by atoms with Crippen molar-refractivity contribution in [1.82, 2.24) is 14.8 Å². The number of pyridine rings is 1. The number of halogens is 3. The van der Waals surface area contributed by atoms with E-state index in [1.807, 2.05) is 6.92 Å². The Hall–Kier alpha value is -1.85. The third-order valence-corrected chi connectivity index (χ3v) is 2.48. The summed E-state index contributed by atoms with van der Waals surface area (Å²) >= 11 is 0. The van der Waals surface area contributed by atoms with E-state index >= 15 is 0 Å². The second-order valence-corrected chi connectivity index (χ2v) is 3.75. The average Bonchev–Trinajstić information content (AvgIpc) is 2.58. The number of hydrogen-bond donors (Lipinski definition) is 0. The Kier molecular flexibility index (Phi) is 2.65. The summed E-state index contributed by atoms with van der Waals surface area (Å²) in [6, 6.07) is 2.77. The van der Waals surface area contributed by atoms with Gasteiger partial charge in [0.25, 0.3) is 0 Å². The first-order valence-corrected chi connectivity index (χ1v) is 4.91. The van der Waals surface area contributed by atoms with Crippen LogP contribution in [0.2, 0.25) is 0 Å². The first kappa shape index (κ1) is 11.6. The fraction of sp³-hybridized carbons (Fsp3) is 0.273. The lowest BCUT2D eigenvalue weighted by Gasteiger charge is -2.06. The molecule has 0 fully saturated rings. The standard InChI is InChI=1S/C11H10F3N3/c1-7-3-10(16-17(7)2)8-4-9(6-15-5-8)11(12,13)14/h3-6H,1-2H3. The van der Waals surface area contributed by atoms with Crippen molar-refractivity contribution in [2.24, 2.45) is 7.05 Å². The minimum absolute atomic E-state index is 0.364. The van der Waals surface area contributed by atoms with Crippen LogP contribution in [0, 0.1) is 6.92 Å². The molecule has 0 aliphatic carbocycles. The van der Waals surface area contributed by atoms with Crippen molar-refractivity contribution in [3.63, 3.8) is 0 Å². The third kappa shape index (κ3) is 2.30. The van der Waals surface area contributed by atoms with Gasteiger partial charge in [-0.2, -0.15) is 18.3 Å². The molecule has 0 saturated heterocycles. The average molecular weight is 241 g/mol. The van der Waals surface area contributed by atoms with Crippen molar-refractivity contribution in [2.75, 3.05) is 0 Å². The molecule has 0 radical (unpaired) electrons. The van der Waals surface area contributed by atoms with Crippen molar-refractivity contribution in [3.05, 3.63) is 35.8 Å². The molecule has 2 heterocycles. The van der Waals surface area contributed by atoms with Crippen LogP contribution in [0.25, 0.3) is 11.3 Å². The van der Waals surface area contributed by atoms with E-state index in [-0.39, 0.29) is 0 Å². The van der Waals surface area contributed by atoms with E-state index in [0.717, 1.165) is 18.0 Å². The van der Waals surface area contributed by atoms with E-state index in [1.165, 1.54) is 6.20 Å². The zero-order valence-corrected chi connectivity index (χ0v) is 9.28. The summed E-state index contributed by atoms with van der Waals surface area (Å²) in [6.07, 6.45) is -2.21. The van der Waals surface area contributed by atoms with Gasteiger partial charge in [0.1, 0.15) is 0 Å². The molecule has 0 aliphatic rings. The molecule has 0 atom stereocenters. The van der Waals surface area contributed by atoms with E-state index < -0.39 is 11.7 Å². The van der Waals surface area contributed by atoms with E-state index in [2.05, 4.69) is 10.1 Å². The van der Waals surface area contributed by atoms with Crippen LogP contribution >= 0.6 is 0 Å². The van der Waals surface area contributed by atoms with Crippen LogP contribution in [0.5, 0.6) is 0 Å². The van der Waals surface area contributed by atoms with Gasteiger partial charge in [0, 0.05) is 30.7 Å². The fourth-order valence-electron chi connectivity index (χ4n) is 1.44. The lowest BCUT2D eigenvalue weighted by molar-refractivity contribution is -0.137. The molecule has 17 heavy (non-hydrogen) atoms. The molecule has 0 aromatic carbocycles. The number of aromatic nitrogens is 3. The van der Waals surface area contributed by atoms with Crippen molar-refractivity contribution >= 4 is 0 Å². The summed E-state index contributed by atoms with van der Waals surface area (Å²) in [6.45, 7) is 1.83. The molecule has 3 nitrogen and oxygen atoms in total. The predicted molar refractivity (Wildman–Crippen MR) is 56.2 cm³/mol. The Bertz CT molecular complexity index is 524. The lowest BCUT2D eigenvalue weighted by Crippen LogP contribution is -2.05. The maximum absolute atomic E-state index is 12.5. The van der Waals surface area contributed by atoms with Gasteiger partial charge in [-0.3, -0.25) is 9.67 Å². The normalized spacial score (nSPS) is 11.8. The molecule has 90 valence electrons. The van der Waals surface area contributed by atoms with E-state index in [4.69, 9.17) is 0 Å². The molecule has 6 heteroatoms. The largest absolute Gasteiger partial charge is 0.417 e. The van der Waals surface area contributed by atoms with Gasteiger partial charge in [-0.1, -0.05) is 0 Å². The molecule has 0 spiro atoms. The fourth-order valence-corrected chi connectivity index (χ4v) is 1.44. The monoisotopic (exact) mass is 241 g/mol. The summed E-state index contributed by atoms with van der Waals surface area (Å²) in [5.74, 6) is 0. The summed E-state index contributed by atoms with van der Waals surface area (Å²) in [7, 11) is 1.74. The Balaban J connectivity index is 2.47. The molecule has 2 rings (SSSR count). The van der Waals surface area contributed by atoms with Crippen LogP contribution in [0.15, 0.2) is 24.5 Å². The number of aryl methyl sites for hydroxylation is 2. The van der Waals surface area contributed by atoms with Crippen molar-refractivity contribution in [3.8, 4) is 11.3 Å². The van der Waals surface area contributed by atoms with Gasteiger partial charge in [-0.25, -0.2) is 0 Å². The summed E-state index contributed by atoms with van der Waals surface area (Å²) in [4.78, 5) is 3.60. The third-order valence-electron chi connectivity index (χ3n) is 2.48. The number of alkyl halides is 3. The minimum Gasteiger partial charge on any atom is -0.272 e. The number of rotatable bonds is 1. The van der Waals surface area contributed by atoms with Crippen LogP contribution in [0.3, 0.4) is 0 Å². The maximum Gasteiger partial charge on any atom is 0.417 e.